The number of H-pyrrole nitrogens is 1. The Kier molecular flexibility index (Phi) is 4.69. The quantitative estimate of drug-likeness (QED) is 0.509. The van der Waals surface area contributed by atoms with E-state index < -0.39 is 20.4 Å². The fraction of sp³-hybridized carbons (Fsp3) is 0.222. The lowest BCUT2D eigenvalue weighted by atomic mass is 10.1. The summed E-state index contributed by atoms with van der Waals surface area (Å²) in [5.74, 6) is 0. The van der Waals surface area contributed by atoms with Crippen LogP contribution in [0.2, 0.25) is 0 Å². The number of para-hydroxylation sites is 1. The third-order valence-corrected chi connectivity index (χ3v) is 5.42. The van der Waals surface area contributed by atoms with Gasteiger partial charge in [-0.2, -0.15) is 0 Å². The molecule has 0 saturated carbocycles. The van der Waals surface area contributed by atoms with Gasteiger partial charge in [0.25, 0.3) is 0 Å². The first kappa shape index (κ1) is 17.9. The molecule has 26 heavy (non-hydrogen) atoms. The van der Waals surface area contributed by atoms with Crippen LogP contribution in [0.15, 0.2) is 47.5 Å². The summed E-state index contributed by atoms with van der Waals surface area (Å²) in [6.07, 6.45) is 3.54. The number of anilines is 1. The van der Waals surface area contributed by atoms with E-state index in [1.165, 1.54) is 18.2 Å². The van der Waals surface area contributed by atoms with Crippen LogP contribution in [0.3, 0.4) is 0 Å². The van der Waals surface area contributed by atoms with Crippen LogP contribution in [-0.2, 0) is 16.3 Å². The number of hydrogen-bond acceptors (Lipinski definition) is 5. The Morgan fingerprint density at radius 1 is 1.19 bits per heavy atom. The minimum absolute atomic E-state index is 0.203. The predicted octanol–water partition coefficient (Wildman–Crippen LogP) is 3.44. The monoisotopic (exact) mass is 373 g/mol. The molecule has 0 amide bonds. The van der Waals surface area contributed by atoms with Crippen LogP contribution < -0.4 is 5.32 Å². The predicted molar refractivity (Wildman–Crippen MR) is 101 cm³/mol. The van der Waals surface area contributed by atoms with Crippen molar-refractivity contribution >= 4 is 32.1 Å². The van der Waals surface area contributed by atoms with Gasteiger partial charge in [0, 0.05) is 29.9 Å². The molecule has 3 aromatic rings. The molecule has 0 aliphatic rings. The molecule has 0 saturated heterocycles. The smallest absolute Gasteiger partial charge is 0.310 e. The van der Waals surface area contributed by atoms with E-state index in [1.54, 1.807) is 0 Å². The molecule has 1 aromatic heterocycles. The second-order valence-electron chi connectivity index (χ2n) is 6.17. The van der Waals surface area contributed by atoms with E-state index in [2.05, 4.69) is 10.3 Å². The summed E-state index contributed by atoms with van der Waals surface area (Å²) in [5, 5.41) is 15.6. The van der Waals surface area contributed by atoms with Crippen molar-refractivity contribution in [3.8, 4) is 0 Å². The Labute approximate surface area is 151 Å². The maximum Gasteiger partial charge on any atom is 0.310 e. The van der Waals surface area contributed by atoms with Crippen LogP contribution in [0.5, 0.6) is 0 Å². The lowest BCUT2D eigenvalue weighted by Gasteiger charge is -2.09. The van der Waals surface area contributed by atoms with Crippen molar-refractivity contribution in [1.82, 2.24) is 4.98 Å². The van der Waals surface area contributed by atoms with E-state index >= 15 is 0 Å². The van der Waals surface area contributed by atoms with E-state index in [-0.39, 0.29) is 10.6 Å². The summed E-state index contributed by atoms with van der Waals surface area (Å²) in [7, 11) is -3.69. The zero-order valence-electron chi connectivity index (χ0n) is 14.4. The number of benzene rings is 2. The first-order valence-corrected chi connectivity index (χ1v) is 9.95. The third kappa shape index (κ3) is 3.41. The standard InChI is InChI=1S/C18H19N3O4S/c1-12-5-3-6-14-17(12)13(11-20-14)9-10-19-15-7-4-8-16(26(2,24)25)18(15)21(22)23/h3-8,11,19-20H,9-10H2,1-2H3. The second kappa shape index (κ2) is 6.80. The minimum atomic E-state index is -3.69. The zero-order valence-corrected chi connectivity index (χ0v) is 15.3. The van der Waals surface area contributed by atoms with Gasteiger partial charge in [-0.25, -0.2) is 8.42 Å². The summed E-state index contributed by atoms with van der Waals surface area (Å²) in [5.41, 5.74) is 3.10. The van der Waals surface area contributed by atoms with Crippen molar-refractivity contribution in [3.63, 3.8) is 0 Å². The van der Waals surface area contributed by atoms with Gasteiger partial charge in [-0.3, -0.25) is 10.1 Å². The number of nitro groups is 1. The van der Waals surface area contributed by atoms with Crippen molar-refractivity contribution in [2.75, 3.05) is 18.1 Å². The van der Waals surface area contributed by atoms with Gasteiger partial charge in [0.05, 0.1) is 4.92 Å². The summed E-state index contributed by atoms with van der Waals surface area (Å²) in [4.78, 5) is 13.7. The first-order chi connectivity index (χ1) is 12.3. The van der Waals surface area contributed by atoms with Gasteiger partial charge < -0.3 is 10.3 Å². The molecule has 0 bridgehead atoms. The molecule has 7 nitrogen and oxygen atoms in total. The Balaban J connectivity index is 1.85. The van der Waals surface area contributed by atoms with Crippen LogP contribution >= 0.6 is 0 Å². The van der Waals surface area contributed by atoms with Gasteiger partial charge in [-0.05, 0) is 42.7 Å². The van der Waals surface area contributed by atoms with Crippen LogP contribution in [0.25, 0.3) is 10.9 Å². The minimum Gasteiger partial charge on any atom is -0.379 e. The van der Waals surface area contributed by atoms with E-state index in [4.69, 9.17) is 0 Å². The molecule has 0 fully saturated rings. The molecule has 136 valence electrons. The molecular formula is C18H19N3O4S. The number of aryl methyl sites for hydroxylation is 1. The number of nitrogens with one attached hydrogen (secondary N) is 2. The number of hydrogen-bond donors (Lipinski definition) is 2. The highest BCUT2D eigenvalue weighted by molar-refractivity contribution is 7.90. The third-order valence-electron chi connectivity index (χ3n) is 4.29. The molecule has 0 unspecified atom stereocenters. The van der Waals surface area contributed by atoms with Crippen LogP contribution in [0.4, 0.5) is 11.4 Å². The molecule has 2 N–H and O–H groups in total. The number of nitro benzene ring substituents is 1. The Morgan fingerprint density at radius 2 is 1.92 bits per heavy atom. The number of nitrogens with zero attached hydrogens (tertiary/aromatic N) is 1. The van der Waals surface area contributed by atoms with E-state index in [0.717, 1.165) is 28.3 Å². The summed E-state index contributed by atoms with van der Waals surface area (Å²) >= 11 is 0. The highest BCUT2D eigenvalue weighted by Crippen LogP contribution is 2.32. The van der Waals surface area contributed by atoms with Gasteiger partial charge >= 0.3 is 5.69 Å². The van der Waals surface area contributed by atoms with E-state index in [0.29, 0.717) is 13.0 Å². The van der Waals surface area contributed by atoms with Gasteiger partial charge in [-0.1, -0.05) is 18.2 Å². The number of fused-ring (bicyclic) bond motifs is 1. The normalized spacial score (nSPS) is 11.6. The van der Waals surface area contributed by atoms with Crippen LogP contribution in [0.1, 0.15) is 11.1 Å². The Bertz CT molecular complexity index is 1090. The van der Waals surface area contributed by atoms with Crippen molar-refractivity contribution in [1.29, 1.82) is 0 Å². The average molecular weight is 373 g/mol. The van der Waals surface area contributed by atoms with Gasteiger partial charge in [0.15, 0.2) is 9.84 Å². The highest BCUT2D eigenvalue weighted by Gasteiger charge is 2.25. The number of sulfone groups is 1. The lowest BCUT2D eigenvalue weighted by molar-refractivity contribution is -0.386. The van der Waals surface area contributed by atoms with Crippen LogP contribution in [0, 0.1) is 17.0 Å². The maximum atomic E-state index is 11.8. The molecule has 0 aliphatic carbocycles. The molecule has 0 atom stereocenters. The summed E-state index contributed by atoms with van der Waals surface area (Å²) in [6, 6.07) is 10.3. The van der Waals surface area contributed by atoms with Crippen molar-refractivity contribution in [3.05, 3.63) is 63.8 Å². The number of rotatable bonds is 6. The molecule has 2 aromatic carbocycles. The van der Waals surface area contributed by atoms with Gasteiger partial charge in [0.1, 0.15) is 10.6 Å². The largest absolute Gasteiger partial charge is 0.379 e. The first-order valence-electron chi connectivity index (χ1n) is 8.06. The summed E-state index contributed by atoms with van der Waals surface area (Å²) < 4.78 is 23.6. The maximum absolute atomic E-state index is 11.8. The fourth-order valence-electron chi connectivity index (χ4n) is 3.13. The lowest BCUT2D eigenvalue weighted by Crippen LogP contribution is -2.10. The molecule has 0 radical (unpaired) electrons. The van der Waals surface area contributed by atoms with Crippen molar-refractivity contribution in [2.24, 2.45) is 0 Å². The van der Waals surface area contributed by atoms with Gasteiger partial charge in [0.2, 0.25) is 0 Å². The fourth-order valence-corrected chi connectivity index (χ4v) is 3.99. The number of aromatic amines is 1. The average Bonchev–Trinajstić information content (AvgIpc) is 2.98. The van der Waals surface area contributed by atoms with E-state index in [1.807, 2.05) is 31.3 Å². The molecular weight excluding hydrogens is 354 g/mol. The van der Waals surface area contributed by atoms with Crippen LogP contribution in [-0.4, -0.2) is 31.1 Å². The highest BCUT2D eigenvalue weighted by atomic mass is 32.2. The molecule has 0 aliphatic heterocycles. The molecule has 3 rings (SSSR count). The SMILES string of the molecule is Cc1cccc2[nH]cc(CCNc3cccc(S(C)(=O)=O)c3[N+](=O)[O-])c12. The Morgan fingerprint density at radius 3 is 2.62 bits per heavy atom. The summed E-state index contributed by atoms with van der Waals surface area (Å²) in [6.45, 7) is 2.48. The topological polar surface area (TPSA) is 105 Å². The Hall–Kier alpha value is -2.87. The van der Waals surface area contributed by atoms with Crippen molar-refractivity contribution in [2.45, 2.75) is 18.2 Å². The van der Waals surface area contributed by atoms with E-state index in [9.17, 15) is 18.5 Å². The molecule has 1 heterocycles. The van der Waals surface area contributed by atoms with Gasteiger partial charge in [-0.15, -0.1) is 0 Å². The molecule has 0 spiro atoms. The van der Waals surface area contributed by atoms with Crippen molar-refractivity contribution < 1.29 is 13.3 Å². The molecule has 8 heteroatoms. The zero-order chi connectivity index (χ0) is 18.9. The number of aromatic nitrogens is 1. The second-order valence-corrected chi connectivity index (χ2v) is 8.15.